The molecule has 1 aliphatic rings. The van der Waals surface area contributed by atoms with Crippen LogP contribution in [0.5, 0.6) is 0 Å². The van der Waals surface area contributed by atoms with E-state index in [2.05, 4.69) is 194 Å². The molecular formula is C49H32S. The predicted molar refractivity (Wildman–Crippen MR) is 213 cm³/mol. The van der Waals surface area contributed by atoms with E-state index in [-0.39, 0.29) is 0 Å². The summed E-state index contributed by atoms with van der Waals surface area (Å²) < 4.78 is 2.63. The van der Waals surface area contributed by atoms with Gasteiger partial charge in [-0.3, -0.25) is 0 Å². The number of hydrogen-bond donors (Lipinski definition) is 0. The first-order chi connectivity index (χ1) is 24.8. The van der Waals surface area contributed by atoms with Gasteiger partial charge in [-0.1, -0.05) is 176 Å². The summed E-state index contributed by atoms with van der Waals surface area (Å²) in [6.07, 6.45) is 0. The molecule has 0 nitrogen and oxygen atoms in total. The monoisotopic (exact) mass is 652 g/mol. The molecule has 0 atom stereocenters. The summed E-state index contributed by atoms with van der Waals surface area (Å²) in [7, 11) is 0. The first kappa shape index (κ1) is 28.9. The molecule has 0 amide bonds. The topological polar surface area (TPSA) is 0 Å². The average Bonchev–Trinajstić information content (AvgIpc) is 3.73. The van der Waals surface area contributed by atoms with Gasteiger partial charge in [0.1, 0.15) is 0 Å². The van der Waals surface area contributed by atoms with Crippen LogP contribution in [0.3, 0.4) is 0 Å². The summed E-state index contributed by atoms with van der Waals surface area (Å²) in [6, 6.07) is 71.7. The molecule has 0 aliphatic heterocycles. The molecule has 0 unspecified atom stereocenters. The van der Waals surface area contributed by atoms with Crippen molar-refractivity contribution in [2.45, 2.75) is 5.41 Å². The molecule has 50 heavy (non-hydrogen) atoms. The molecule has 0 fully saturated rings. The molecule has 0 saturated carbocycles. The highest BCUT2D eigenvalue weighted by Crippen LogP contribution is 2.60. The molecule has 1 aromatic heterocycles. The summed E-state index contributed by atoms with van der Waals surface area (Å²) in [5.41, 5.74) is 14.8. The number of benzene rings is 8. The van der Waals surface area contributed by atoms with Gasteiger partial charge in [-0.15, -0.1) is 11.3 Å². The third-order valence-electron chi connectivity index (χ3n) is 10.6. The van der Waals surface area contributed by atoms with Crippen molar-refractivity contribution in [2.24, 2.45) is 0 Å². The van der Waals surface area contributed by atoms with Crippen LogP contribution in [0.4, 0.5) is 0 Å². The summed E-state index contributed by atoms with van der Waals surface area (Å²) in [5.74, 6) is 0. The Kier molecular flexibility index (Phi) is 6.69. The lowest BCUT2D eigenvalue weighted by Gasteiger charge is -2.35. The first-order valence-corrected chi connectivity index (χ1v) is 18.1. The minimum Gasteiger partial charge on any atom is -0.135 e. The molecule has 0 N–H and O–H groups in total. The molecule has 234 valence electrons. The van der Waals surface area contributed by atoms with Crippen LogP contribution in [0, 0.1) is 0 Å². The molecule has 1 heteroatoms. The van der Waals surface area contributed by atoms with Crippen LogP contribution in [0.25, 0.3) is 64.7 Å². The highest BCUT2D eigenvalue weighted by molar-refractivity contribution is 7.26. The summed E-state index contributed by atoms with van der Waals surface area (Å²) >= 11 is 1.93. The van der Waals surface area contributed by atoms with Crippen molar-refractivity contribution in [1.82, 2.24) is 0 Å². The lowest BCUT2D eigenvalue weighted by atomic mass is 9.66. The third kappa shape index (κ3) is 4.24. The van der Waals surface area contributed by atoms with Gasteiger partial charge in [0, 0.05) is 20.2 Å². The predicted octanol–water partition coefficient (Wildman–Crippen LogP) is 13.4. The van der Waals surface area contributed by atoms with Crippen molar-refractivity contribution in [3.8, 4) is 44.5 Å². The Morgan fingerprint density at radius 3 is 1.50 bits per heavy atom. The number of fused-ring (bicyclic) bond motifs is 6. The van der Waals surface area contributed by atoms with Crippen LogP contribution in [0.2, 0.25) is 0 Å². The second-order valence-corrected chi connectivity index (χ2v) is 14.2. The normalized spacial score (nSPS) is 13.0. The Labute approximate surface area is 296 Å². The van der Waals surface area contributed by atoms with Gasteiger partial charge in [0.05, 0.1) is 5.41 Å². The van der Waals surface area contributed by atoms with Crippen molar-refractivity contribution >= 4 is 31.5 Å². The molecule has 1 heterocycles. The van der Waals surface area contributed by atoms with E-state index in [1.807, 2.05) is 11.3 Å². The lowest BCUT2D eigenvalue weighted by molar-refractivity contribution is 0.778. The highest BCUT2D eigenvalue weighted by Gasteiger charge is 2.47. The Morgan fingerprint density at radius 1 is 0.360 bits per heavy atom. The fourth-order valence-electron chi connectivity index (χ4n) is 8.47. The first-order valence-electron chi connectivity index (χ1n) is 17.3. The summed E-state index contributed by atoms with van der Waals surface area (Å²) in [5, 5.41) is 2.62. The van der Waals surface area contributed by atoms with Crippen molar-refractivity contribution in [3.63, 3.8) is 0 Å². The summed E-state index contributed by atoms with van der Waals surface area (Å²) in [6.45, 7) is 0. The smallest absolute Gasteiger partial charge is 0.0727 e. The van der Waals surface area contributed by atoms with Crippen molar-refractivity contribution < 1.29 is 0 Å². The van der Waals surface area contributed by atoms with E-state index >= 15 is 0 Å². The van der Waals surface area contributed by atoms with Gasteiger partial charge in [0.2, 0.25) is 0 Å². The van der Waals surface area contributed by atoms with E-state index in [1.165, 1.54) is 86.9 Å². The molecule has 9 aromatic rings. The van der Waals surface area contributed by atoms with E-state index in [0.717, 1.165) is 0 Å². The molecular weight excluding hydrogens is 621 g/mol. The number of rotatable bonds is 5. The van der Waals surface area contributed by atoms with Crippen LogP contribution >= 0.6 is 11.3 Å². The number of thiophene rings is 1. The van der Waals surface area contributed by atoms with Crippen molar-refractivity contribution in [2.75, 3.05) is 0 Å². The zero-order valence-electron chi connectivity index (χ0n) is 27.4. The standard InChI is InChI=1S/C49H32S/c1-5-17-33(18-6-1)36-29-30-45-41(31-36)47-46(35-21-9-3-10-22-35)40(34-19-7-2-8-20-34)32-44(48(47)50-45)49(37-23-11-4-12-24-37)42-27-15-13-25-38(42)39-26-14-16-28-43(39)49/h1-32H. The third-order valence-corrected chi connectivity index (χ3v) is 11.8. The van der Waals surface area contributed by atoms with Crippen LogP contribution in [-0.2, 0) is 5.41 Å². The van der Waals surface area contributed by atoms with Gasteiger partial charge in [0.25, 0.3) is 0 Å². The minimum atomic E-state index is -0.519. The van der Waals surface area contributed by atoms with E-state index in [9.17, 15) is 0 Å². The van der Waals surface area contributed by atoms with Crippen LogP contribution in [-0.4, -0.2) is 0 Å². The second-order valence-electron chi connectivity index (χ2n) is 13.2. The van der Waals surface area contributed by atoms with E-state index < -0.39 is 5.41 Å². The maximum Gasteiger partial charge on any atom is 0.0727 e. The Balaban J connectivity index is 1.44. The Hall–Kier alpha value is -6.02. The average molecular weight is 653 g/mol. The fraction of sp³-hybridized carbons (Fsp3) is 0.0204. The quantitative estimate of drug-likeness (QED) is 0.174. The van der Waals surface area contributed by atoms with Gasteiger partial charge >= 0.3 is 0 Å². The SMILES string of the molecule is c1ccc(-c2ccc3sc4c(C5(c6ccccc6)c6ccccc6-c6ccccc65)cc(-c5ccccc5)c(-c5ccccc5)c4c3c2)cc1. The van der Waals surface area contributed by atoms with E-state index in [4.69, 9.17) is 0 Å². The Bertz CT molecular complexity index is 2620. The zero-order chi connectivity index (χ0) is 33.1. The minimum absolute atomic E-state index is 0.519. The maximum atomic E-state index is 2.54. The van der Waals surface area contributed by atoms with E-state index in [0.29, 0.717) is 0 Å². The van der Waals surface area contributed by atoms with Gasteiger partial charge in [0.15, 0.2) is 0 Å². The lowest BCUT2D eigenvalue weighted by Crippen LogP contribution is -2.28. The molecule has 8 aromatic carbocycles. The molecule has 0 radical (unpaired) electrons. The van der Waals surface area contributed by atoms with Gasteiger partial charge < -0.3 is 0 Å². The largest absolute Gasteiger partial charge is 0.135 e. The van der Waals surface area contributed by atoms with Crippen LogP contribution in [0.15, 0.2) is 194 Å². The van der Waals surface area contributed by atoms with Crippen molar-refractivity contribution in [1.29, 1.82) is 0 Å². The zero-order valence-corrected chi connectivity index (χ0v) is 28.2. The van der Waals surface area contributed by atoms with Gasteiger partial charge in [-0.2, -0.15) is 0 Å². The maximum absolute atomic E-state index is 2.54. The second kappa shape index (κ2) is 11.6. The molecule has 0 spiro atoms. The molecule has 0 saturated heterocycles. The van der Waals surface area contributed by atoms with Crippen molar-refractivity contribution in [3.05, 3.63) is 216 Å². The van der Waals surface area contributed by atoms with Crippen LogP contribution in [0.1, 0.15) is 22.3 Å². The molecule has 0 bridgehead atoms. The van der Waals surface area contributed by atoms with Gasteiger partial charge in [-0.25, -0.2) is 0 Å². The summed E-state index contributed by atoms with van der Waals surface area (Å²) in [4.78, 5) is 0. The number of hydrogen-bond acceptors (Lipinski definition) is 1. The highest BCUT2D eigenvalue weighted by atomic mass is 32.1. The van der Waals surface area contributed by atoms with Gasteiger partial charge in [-0.05, 0) is 85.0 Å². The Morgan fingerprint density at radius 2 is 0.880 bits per heavy atom. The van der Waals surface area contributed by atoms with Crippen LogP contribution < -0.4 is 0 Å². The van der Waals surface area contributed by atoms with E-state index in [1.54, 1.807) is 0 Å². The molecule has 1 aliphatic carbocycles. The molecule has 10 rings (SSSR count). The fourth-order valence-corrected chi connectivity index (χ4v) is 9.73.